The van der Waals surface area contributed by atoms with E-state index < -0.39 is 7.92 Å². The Labute approximate surface area is 245 Å². The minimum atomic E-state index is -0.636. The highest BCUT2D eigenvalue weighted by Crippen LogP contribution is 2.46. The molecule has 1 saturated heterocycles. The first-order chi connectivity index (χ1) is 20.2. The van der Waals surface area contributed by atoms with E-state index >= 15 is 0 Å². The molecule has 0 spiro atoms. The molecule has 0 unspecified atom stereocenters. The van der Waals surface area contributed by atoms with E-state index in [1.54, 1.807) is 0 Å². The molecule has 0 aromatic heterocycles. The summed E-state index contributed by atoms with van der Waals surface area (Å²) in [6, 6.07) is 53.5. The Bertz CT molecular complexity index is 1440. The van der Waals surface area contributed by atoms with E-state index in [-0.39, 0.29) is 17.4 Å². The predicted octanol–water partition coefficient (Wildman–Crippen LogP) is 7.51. The van der Waals surface area contributed by atoms with Crippen molar-refractivity contribution >= 4 is 24.4 Å². The van der Waals surface area contributed by atoms with Crippen molar-refractivity contribution in [3.63, 3.8) is 0 Å². The van der Waals surface area contributed by atoms with Gasteiger partial charge < -0.3 is 4.90 Å². The van der Waals surface area contributed by atoms with Gasteiger partial charge in [-0.3, -0.25) is 4.79 Å². The molecule has 204 valence electrons. The van der Waals surface area contributed by atoms with Gasteiger partial charge in [-0.05, 0) is 72.6 Å². The SMILES string of the molecule is O=C(c1ccccc1)N1CC(Cc2ccccc2)(Cc2ccccc2)C[C@H]1CP(c1ccccc1)c1ccccc1. The van der Waals surface area contributed by atoms with E-state index in [1.807, 2.05) is 30.3 Å². The van der Waals surface area contributed by atoms with Crippen LogP contribution in [0.5, 0.6) is 0 Å². The van der Waals surface area contributed by atoms with Crippen molar-refractivity contribution in [3.8, 4) is 0 Å². The molecule has 1 aliphatic heterocycles. The smallest absolute Gasteiger partial charge is 0.254 e. The van der Waals surface area contributed by atoms with Crippen LogP contribution >= 0.6 is 7.92 Å². The summed E-state index contributed by atoms with van der Waals surface area (Å²) in [6.07, 6.45) is 3.83. The van der Waals surface area contributed by atoms with Crippen molar-refractivity contribution in [1.29, 1.82) is 0 Å². The van der Waals surface area contributed by atoms with E-state index in [2.05, 4.69) is 126 Å². The van der Waals surface area contributed by atoms with Gasteiger partial charge in [0.05, 0.1) is 0 Å². The second kappa shape index (κ2) is 12.7. The molecule has 1 aliphatic rings. The zero-order valence-corrected chi connectivity index (χ0v) is 24.2. The average Bonchev–Trinajstić information content (AvgIpc) is 3.38. The van der Waals surface area contributed by atoms with Gasteiger partial charge in [-0.15, -0.1) is 0 Å². The minimum Gasteiger partial charge on any atom is -0.335 e. The number of carbonyl (C=O) groups is 1. The number of nitrogens with zero attached hydrogens (tertiary/aromatic N) is 1. The first kappa shape index (κ1) is 27.2. The topological polar surface area (TPSA) is 20.3 Å². The number of amides is 1. The predicted molar refractivity (Wildman–Crippen MR) is 173 cm³/mol. The van der Waals surface area contributed by atoms with Crippen molar-refractivity contribution in [3.05, 3.63) is 168 Å². The number of carbonyl (C=O) groups excluding carboxylic acids is 1. The Morgan fingerprint density at radius 3 is 1.49 bits per heavy atom. The van der Waals surface area contributed by atoms with Crippen molar-refractivity contribution < 1.29 is 4.79 Å². The van der Waals surface area contributed by atoms with Gasteiger partial charge in [0.25, 0.3) is 5.91 Å². The lowest BCUT2D eigenvalue weighted by Gasteiger charge is -2.30. The molecule has 1 atom stereocenters. The molecule has 41 heavy (non-hydrogen) atoms. The van der Waals surface area contributed by atoms with Crippen LogP contribution in [0.3, 0.4) is 0 Å². The van der Waals surface area contributed by atoms with Crippen LogP contribution in [0, 0.1) is 5.41 Å². The lowest BCUT2D eigenvalue weighted by atomic mass is 9.75. The van der Waals surface area contributed by atoms with Crippen LogP contribution in [-0.4, -0.2) is 29.6 Å². The minimum absolute atomic E-state index is 0.0494. The van der Waals surface area contributed by atoms with Gasteiger partial charge in [-0.25, -0.2) is 0 Å². The molecule has 6 rings (SSSR count). The maximum absolute atomic E-state index is 14.2. The fourth-order valence-corrected chi connectivity index (χ4v) is 9.01. The second-order valence-electron chi connectivity index (χ2n) is 11.3. The van der Waals surface area contributed by atoms with Crippen molar-refractivity contribution in [2.75, 3.05) is 12.7 Å². The van der Waals surface area contributed by atoms with E-state index in [0.717, 1.165) is 37.5 Å². The molecule has 1 heterocycles. The lowest BCUT2D eigenvalue weighted by Crippen LogP contribution is -2.39. The van der Waals surface area contributed by atoms with E-state index in [1.165, 1.54) is 21.7 Å². The maximum Gasteiger partial charge on any atom is 0.254 e. The molecular formula is C38H36NOP. The summed E-state index contributed by atoms with van der Waals surface area (Å²) in [4.78, 5) is 16.5. The van der Waals surface area contributed by atoms with Crippen LogP contribution in [0.1, 0.15) is 27.9 Å². The fraction of sp³-hybridized carbons (Fsp3) is 0.184. The quantitative estimate of drug-likeness (QED) is 0.173. The van der Waals surface area contributed by atoms with Gasteiger partial charge in [0.15, 0.2) is 0 Å². The lowest BCUT2D eigenvalue weighted by molar-refractivity contribution is 0.0733. The van der Waals surface area contributed by atoms with Crippen LogP contribution < -0.4 is 10.6 Å². The maximum atomic E-state index is 14.2. The Hall–Kier alpha value is -4.00. The fourth-order valence-electron chi connectivity index (χ4n) is 6.48. The summed E-state index contributed by atoms with van der Waals surface area (Å²) >= 11 is 0. The summed E-state index contributed by atoms with van der Waals surface area (Å²) in [6.45, 7) is 0.752. The Morgan fingerprint density at radius 1 is 0.610 bits per heavy atom. The zero-order valence-electron chi connectivity index (χ0n) is 23.3. The largest absolute Gasteiger partial charge is 0.335 e. The number of likely N-dealkylation sites (tertiary alicyclic amines) is 1. The molecule has 0 radical (unpaired) electrons. The number of hydrogen-bond acceptors (Lipinski definition) is 1. The number of benzene rings is 5. The van der Waals surface area contributed by atoms with Crippen LogP contribution in [-0.2, 0) is 12.8 Å². The van der Waals surface area contributed by atoms with Crippen LogP contribution in [0.2, 0.25) is 0 Å². The molecule has 0 N–H and O–H groups in total. The van der Waals surface area contributed by atoms with Crippen LogP contribution in [0.4, 0.5) is 0 Å². The van der Waals surface area contributed by atoms with Gasteiger partial charge >= 0.3 is 0 Å². The number of rotatable bonds is 9. The molecule has 3 heteroatoms. The summed E-state index contributed by atoms with van der Waals surface area (Å²) < 4.78 is 0. The van der Waals surface area contributed by atoms with Gasteiger partial charge in [0, 0.05) is 18.2 Å². The van der Waals surface area contributed by atoms with Gasteiger partial charge in [0.1, 0.15) is 0 Å². The molecule has 0 saturated carbocycles. The third-order valence-corrected chi connectivity index (χ3v) is 10.9. The highest BCUT2D eigenvalue weighted by molar-refractivity contribution is 7.73. The standard InChI is InChI=1S/C38H36NOP/c40-37(33-20-10-3-11-21-33)39-30-38(26-31-16-6-1-7-17-31,27-32-18-8-2-9-19-32)28-34(39)29-41(35-22-12-4-13-23-35)36-24-14-5-15-25-36/h1-25,34H,26-30H2/t34-/m0/s1. The molecule has 0 bridgehead atoms. The molecule has 2 nitrogen and oxygen atoms in total. The third-order valence-electron chi connectivity index (χ3n) is 8.27. The Kier molecular flexibility index (Phi) is 8.40. The highest BCUT2D eigenvalue weighted by Gasteiger charge is 2.46. The van der Waals surface area contributed by atoms with Gasteiger partial charge in [-0.1, -0.05) is 140 Å². The van der Waals surface area contributed by atoms with E-state index in [4.69, 9.17) is 0 Å². The second-order valence-corrected chi connectivity index (χ2v) is 13.5. The molecule has 1 fully saturated rings. The normalized spacial score (nSPS) is 16.1. The molecule has 1 amide bonds. The zero-order chi connectivity index (χ0) is 27.9. The summed E-state index contributed by atoms with van der Waals surface area (Å²) in [5.41, 5.74) is 3.40. The third kappa shape index (κ3) is 6.50. The molecular weight excluding hydrogens is 517 g/mol. The van der Waals surface area contributed by atoms with Crippen molar-refractivity contribution in [2.45, 2.75) is 25.3 Å². The summed E-state index contributed by atoms with van der Waals surface area (Å²) in [5, 5.41) is 2.73. The Morgan fingerprint density at radius 2 is 1.02 bits per heavy atom. The van der Waals surface area contributed by atoms with E-state index in [0.29, 0.717) is 0 Å². The van der Waals surface area contributed by atoms with Gasteiger partial charge in [-0.2, -0.15) is 0 Å². The first-order valence-electron chi connectivity index (χ1n) is 14.5. The van der Waals surface area contributed by atoms with Gasteiger partial charge in [0.2, 0.25) is 0 Å². The molecule has 0 aliphatic carbocycles. The van der Waals surface area contributed by atoms with Crippen LogP contribution in [0.15, 0.2) is 152 Å². The van der Waals surface area contributed by atoms with Crippen molar-refractivity contribution in [1.82, 2.24) is 4.90 Å². The molecule has 5 aromatic carbocycles. The summed E-state index contributed by atoms with van der Waals surface area (Å²) in [7, 11) is -0.636. The summed E-state index contributed by atoms with van der Waals surface area (Å²) in [5.74, 6) is 0.148. The number of hydrogen-bond donors (Lipinski definition) is 0. The van der Waals surface area contributed by atoms with Crippen LogP contribution in [0.25, 0.3) is 0 Å². The molecule has 5 aromatic rings. The van der Waals surface area contributed by atoms with E-state index in [9.17, 15) is 4.79 Å². The Balaban J connectivity index is 1.41. The average molecular weight is 554 g/mol. The highest BCUT2D eigenvalue weighted by atomic mass is 31.1. The monoisotopic (exact) mass is 553 g/mol. The van der Waals surface area contributed by atoms with Crippen molar-refractivity contribution in [2.24, 2.45) is 5.41 Å². The first-order valence-corrected chi connectivity index (χ1v) is 16.0.